The lowest BCUT2D eigenvalue weighted by molar-refractivity contribution is 0.117. The third-order valence-electron chi connectivity index (χ3n) is 2.06. The Balaban J connectivity index is 2.09. The normalized spacial score (nSPS) is 22.6. The Bertz CT molecular complexity index is 325. The van der Waals surface area contributed by atoms with Gasteiger partial charge in [-0.3, -0.25) is 0 Å². The minimum atomic E-state index is -0.642. The molecule has 74 valence electrons. The second kappa shape index (κ2) is 3.88. The lowest BCUT2D eigenvalue weighted by Crippen LogP contribution is -2.16. The Morgan fingerprint density at radius 3 is 2.64 bits per heavy atom. The molecule has 14 heavy (non-hydrogen) atoms. The van der Waals surface area contributed by atoms with Gasteiger partial charge in [-0.2, -0.15) is 0 Å². The molecule has 0 bridgehead atoms. The van der Waals surface area contributed by atoms with Crippen LogP contribution in [0.15, 0.2) is 30.3 Å². The average Bonchev–Trinajstić information content (AvgIpc) is 2.65. The summed E-state index contributed by atoms with van der Waals surface area (Å²) in [4.78, 5) is 10.7. The fourth-order valence-electron chi connectivity index (χ4n) is 1.34. The minimum Gasteiger partial charge on any atom is -0.430 e. The maximum Gasteiger partial charge on any atom is 0.508 e. The first kappa shape index (κ1) is 9.34. The maximum absolute atomic E-state index is 10.7. The number of hydrogen-bond donors (Lipinski definition) is 0. The fourth-order valence-corrected chi connectivity index (χ4v) is 1.61. The van der Waals surface area contributed by atoms with E-state index in [4.69, 9.17) is 16.3 Å². The molecular formula is C10H9ClO3. The highest BCUT2D eigenvalue weighted by molar-refractivity contribution is 6.21. The summed E-state index contributed by atoms with van der Waals surface area (Å²) in [5.74, 6) is 0. The van der Waals surface area contributed by atoms with Crippen LogP contribution in [0.1, 0.15) is 10.9 Å². The average molecular weight is 213 g/mol. The van der Waals surface area contributed by atoms with Gasteiger partial charge < -0.3 is 9.47 Å². The monoisotopic (exact) mass is 212 g/mol. The molecule has 0 unspecified atom stereocenters. The van der Waals surface area contributed by atoms with Gasteiger partial charge in [0.2, 0.25) is 0 Å². The lowest BCUT2D eigenvalue weighted by Gasteiger charge is -2.13. The Labute approximate surface area is 86.6 Å². The number of benzene rings is 1. The van der Waals surface area contributed by atoms with Gasteiger partial charge in [0.1, 0.15) is 6.61 Å². The molecule has 1 heterocycles. The van der Waals surface area contributed by atoms with E-state index in [1.165, 1.54) is 0 Å². The molecular weight excluding hydrogens is 204 g/mol. The number of hydrogen-bond acceptors (Lipinski definition) is 3. The van der Waals surface area contributed by atoms with Crippen molar-refractivity contribution in [2.75, 3.05) is 6.61 Å². The molecule has 1 saturated heterocycles. The number of carbonyl (C=O) groups is 1. The van der Waals surface area contributed by atoms with Gasteiger partial charge in [-0.25, -0.2) is 4.79 Å². The molecule has 1 aliphatic rings. The van der Waals surface area contributed by atoms with Gasteiger partial charge in [0.05, 0.1) is 5.38 Å². The number of ether oxygens (including phenoxy) is 2. The highest BCUT2D eigenvalue weighted by atomic mass is 35.5. The van der Waals surface area contributed by atoms with E-state index in [0.29, 0.717) is 0 Å². The smallest absolute Gasteiger partial charge is 0.430 e. The lowest BCUT2D eigenvalue weighted by atomic mass is 10.1. The van der Waals surface area contributed by atoms with Crippen LogP contribution in [-0.4, -0.2) is 18.9 Å². The topological polar surface area (TPSA) is 35.5 Å². The Morgan fingerprint density at radius 2 is 2.07 bits per heavy atom. The van der Waals surface area contributed by atoms with Crippen molar-refractivity contribution in [3.63, 3.8) is 0 Å². The molecule has 0 aliphatic carbocycles. The largest absolute Gasteiger partial charge is 0.508 e. The standard InChI is InChI=1S/C10H9ClO3/c11-9(7-4-2-1-3-5-7)8-6-13-10(12)14-8/h1-5,8-9H,6H2/t8-,9-/m0/s1. The Hall–Kier alpha value is -1.22. The highest BCUT2D eigenvalue weighted by Gasteiger charge is 2.32. The van der Waals surface area contributed by atoms with Crippen molar-refractivity contribution in [1.82, 2.24) is 0 Å². The SMILES string of the molecule is O=C1OC[C@@H]([C@@H](Cl)c2ccccc2)O1. The molecule has 2 rings (SSSR count). The van der Waals surface area contributed by atoms with Crippen LogP contribution >= 0.6 is 11.6 Å². The molecule has 3 nitrogen and oxygen atoms in total. The first-order valence-corrected chi connectivity index (χ1v) is 4.73. The molecule has 0 radical (unpaired) electrons. The second-order valence-electron chi connectivity index (χ2n) is 3.03. The van der Waals surface area contributed by atoms with E-state index in [-0.39, 0.29) is 18.1 Å². The summed E-state index contributed by atoms with van der Waals surface area (Å²) in [6.45, 7) is 0.224. The minimum absolute atomic E-state index is 0.224. The number of carbonyl (C=O) groups excluding carboxylic acids is 1. The summed E-state index contributed by atoms with van der Waals surface area (Å²) in [5, 5.41) is -0.345. The molecule has 1 aromatic rings. The maximum atomic E-state index is 10.7. The predicted octanol–water partition coefficient (Wildman–Crippen LogP) is 2.50. The summed E-state index contributed by atoms with van der Waals surface area (Å²) < 4.78 is 9.55. The van der Waals surface area contributed by atoms with Crippen LogP contribution in [0.4, 0.5) is 4.79 Å². The summed E-state index contributed by atoms with van der Waals surface area (Å²) in [6, 6.07) is 9.47. The molecule has 1 fully saturated rings. The van der Waals surface area contributed by atoms with Gasteiger partial charge in [-0.05, 0) is 5.56 Å². The van der Waals surface area contributed by atoms with Crippen molar-refractivity contribution in [1.29, 1.82) is 0 Å². The Kier molecular flexibility index (Phi) is 2.59. The molecule has 0 N–H and O–H groups in total. The van der Waals surface area contributed by atoms with Crippen LogP contribution in [0.5, 0.6) is 0 Å². The first-order chi connectivity index (χ1) is 6.77. The van der Waals surface area contributed by atoms with Crippen molar-refractivity contribution in [3.8, 4) is 0 Å². The summed E-state index contributed by atoms with van der Waals surface area (Å²) in [7, 11) is 0. The predicted molar refractivity (Wildman–Crippen MR) is 51.3 cm³/mol. The molecule has 2 atom stereocenters. The van der Waals surface area contributed by atoms with Crippen molar-refractivity contribution < 1.29 is 14.3 Å². The van der Waals surface area contributed by atoms with E-state index in [9.17, 15) is 4.79 Å². The van der Waals surface area contributed by atoms with Gasteiger partial charge in [0.15, 0.2) is 6.10 Å². The van der Waals surface area contributed by atoms with Crippen LogP contribution in [0.25, 0.3) is 0 Å². The van der Waals surface area contributed by atoms with Crippen LogP contribution in [0.3, 0.4) is 0 Å². The van der Waals surface area contributed by atoms with Gasteiger partial charge in [-0.15, -0.1) is 11.6 Å². The molecule has 0 aromatic heterocycles. The summed E-state index contributed by atoms with van der Waals surface area (Å²) in [6.07, 6.45) is -1.02. The van der Waals surface area contributed by atoms with E-state index in [0.717, 1.165) is 5.56 Å². The zero-order valence-electron chi connectivity index (χ0n) is 7.35. The molecule has 4 heteroatoms. The summed E-state index contributed by atoms with van der Waals surface area (Å²) in [5.41, 5.74) is 0.928. The fraction of sp³-hybridized carbons (Fsp3) is 0.300. The molecule has 0 saturated carbocycles. The molecule has 1 aliphatic heterocycles. The number of cyclic esters (lactones) is 2. The van der Waals surface area contributed by atoms with Crippen LogP contribution in [0.2, 0.25) is 0 Å². The number of halogens is 1. The molecule has 0 spiro atoms. The zero-order chi connectivity index (χ0) is 9.97. The molecule has 1 aromatic carbocycles. The van der Waals surface area contributed by atoms with Crippen molar-refractivity contribution >= 4 is 17.8 Å². The number of alkyl halides is 1. The Morgan fingerprint density at radius 1 is 1.36 bits per heavy atom. The quantitative estimate of drug-likeness (QED) is 0.558. The van der Waals surface area contributed by atoms with Crippen LogP contribution in [-0.2, 0) is 9.47 Å². The van der Waals surface area contributed by atoms with Crippen molar-refractivity contribution in [2.24, 2.45) is 0 Å². The van der Waals surface area contributed by atoms with Gasteiger partial charge >= 0.3 is 6.16 Å². The van der Waals surface area contributed by atoms with Crippen molar-refractivity contribution in [2.45, 2.75) is 11.5 Å². The van der Waals surface area contributed by atoms with Crippen LogP contribution < -0.4 is 0 Å². The zero-order valence-corrected chi connectivity index (χ0v) is 8.11. The highest BCUT2D eigenvalue weighted by Crippen LogP contribution is 2.29. The van der Waals surface area contributed by atoms with E-state index >= 15 is 0 Å². The number of rotatable bonds is 2. The van der Waals surface area contributed by atoms with Gasteiger partial charge in [0.25, 0.3) is 0 Å². The third-order valence-corrected chi connectivity index (χ3v) is 2.59. The van der Waals surface area contributed by atoms with E-state index in [2.05, 4.69) is 4.74 Å². The second-order valence-corrected chi connectivity index (χ2v) is 3.50. The molecule has 0 amide bonds. The summed E-state index contributed by atoms with van der Waals surface area (Å²) >= 11 is 6.12. The van der Waals surface area contributed by atoms with Crippen molar-refractivity contribution in [3.05, 3.63) is 35.9 Å². The van der Waals surface area contributed by atoms with E-state index in [1.807, 2.05) is 30.3 Å². The van der Waals surface area contributed by atoms with Gasteiger partial charge in [-0.1, -0.05) is 30.3 Å². The van der Waals surface area contributed by atoms with Crippen LogP contribution in [0, 0.1) is 0 Å². The first-order valence-electron chi connectivity index (χ1n) is 4.30. The van der Waals surface area contributed by atoms with E-state index in [1.54, 1.807) is 0 Å². The van der Waals surface area contributed by atoms with Gasteiger partial charge in [0, 0.05) is 0 Å². The van der Waals surface area contributed by atoms with E-state index < -0.39 is 6.16 Å². The third kappa shape index (κ3) is 1.82.